The van der Waals surface area contributed by atoms with E-state index in [9.17, 15) is 9.00 Å². The summed E-state index contributed by atoms with van der Waals surface area (Å²) in [5.41, 5.74) is 3.20. The minimum atomic E-state index is -1.29. The molecule has 0 aromatic heterocycles. The quantitative estimate of drug-likeness (QED) is 0.538. The number of benzene rings is 3. The molecule has 1 unspecified atom stereocenters. The van der Waals surface area contributed by atoms with E-state index in [1.165, 1.54) is 0 Å². The average Bonchev–Trinajstić information content (AvgIpc) is 2.76. The Hall–Kier alpha value is -2.72. The molecule has 3 atom stereocenters. The number of β-lactam (4-membered cyclic amide) rings is 1. The third-order valence-corrected chi connectivity index (χ3v) is 7.34. The Kier molecular flexibility index (Phi) is 5.63. The minimum Gasteiger partial charge on any atom is -0.315 e. The molecule has 1 saturated heterocycles. The molecule has 0 radical (unpaired) electrons. The molecular formula is C25H25NO2S. The van der Waals surface area contributed by atoms with E-state index in [0.717, 1.165) is 21.6 Å². The van der Waals surface area contributed by atoms with Crippen molar-refractivity contribution in [2.75, 3.05) is 0 Å². The Morgan fingerprint density at radius 3 is 1.86 bits per heavy atom. The van der Waals surface area contributed by atoms with E-state index < -0.39 is 10.8 Å². The molecule has 3 aromatic carbocycles. The molecule has 1 fully saturated rings. The first-order chi connectivity index (χ1) is 14.1. The van der Waals surface area contributed by atoms with Gasteiger partial charge < -0.3 is 4.90 Å². The van der Waals surface area contributed by atoms with Crippen LogP contribution in [-0.2, 0) is 15.6 Å². The molecule has 1 aliphatic rings. The van der Waals surface area contributed by atoms with Crippen LogP contribution in [0.5, 0.6) is 0 Å². The number of carbonyl (C=O) groups excluding carboxylic acids is 1. The van der Waals surface area contributed by atoms with Gasteiger partial charge in [-0.25, -0.2) is 0 Å². The molecule has 0 bridgehead atoms. The summed E-state index contributed by atoms with van der Waals surface area (Å²) in [5, 5.41) is -0.333. The highest BCUT2D eigenvalue weighted by Crippen LogP contribution is 2.43. The minimum absolute atomic E-state index is 0.0793. The van der Waals surface area contributed by atoms with E-state index in [0.29, 0.717) is 6.42 Å². The molecule has 0 aliphatic carbocycles. The van der Waals surface area contributed by atoms with Gasteiger partial charge in [0.05, 0.1) is 22.8 Å². The first-order valence-electron chi connectivity index (χ1n) is 10.0. The predicted octanol–water partition coefficient (Wildman–Crippen LogP) is 5.09. The number of hydrogen-bond donors (Lipinski definition) is 0. The van der Waals surface area contributed by atoms with Crippen LogP contribution >= 0.6 is 0 Å². The number of amides is 1. The Bertz CT molecular complexity index is 963. The molecule has 0 N–H and O–H groups in total. The van der Waals surface area contributed by atoms with Crippen LogP contribution in [0.1, 0.15) is 36.1 Å². The van der Waals surface area contributed by atoms with E-state index in [4.69, 9.17) is 0 Å². The van der Waals surface area contributed by atoms with Crippen LogP contribution in [0.2, 0.25) is 0 Å². The van der Waals surface area contributed by atoms with E-state index in [1.807, 2.05) is 104 Å². The molecule has 1 heterocycles. The van der Waals surface area contributed by atoms with E-state index in [1.54, 1.807) is 0 Å². The van der Waals surface area contributed by atoms with Crippen LogP contribution in [0.15, 0.2) is 89.8 Å². The number of carbonyl (C=O) groups is 1. The summed E-state index contributed by atoms with van der Waals surface area (Å²) in [6, 6.07) is 27.6. The van der Waals surface area contributed by atoms with Crippen molar-refractivity contribution in [3.63, 3.8) is 0 Å². The van der Waals surface area contributed by atoms with Crippen LogP contribution in [0, 0.1) is 12.8 Å². The summed E-state index contributed by atoms with van der Waals surface area (Å²) < 4.78 is 13.5. The third kappa shape index (κ3) is 3.65. The molecule has 4 rings (SSSR count). The van der Waals surface area contributed by atoms with Gasteiger partial charge >= 0.3 is 0 Å². The largest absolute Gasteiger partial charge is 0.315 e. The highest BCUT2D eigenvalue weighted by molar-refractivity contribution is 7.85. The fourth-order valence-electron chi connectivity index (χ4n) is 4.05. The van der Waals surface area contributed by atoms with Gasteiger partial charge in [0.15, 0.2) is 0 Å². The van der Waals surface area contributed by atoms with E-state index in [2.05, 4.69) is 0 Å². The first-order valence-corrected chi connectivity index (χ1v) is 11.2. The second-order valence-electron chi connectivity index (χ2n) is 7.49. The second kappa shape index (κ2) is 8.34. The van der Waals surface area contributed by atoms with Crippen LogP contribution in [0.25, 0.3) is 0 Å². The van der Waals surface area contributed by atoms with Gasteiger partial charge in [-0.05, 0) is 36.6 Å². The zero-order valence-electron chi connectivity index (χ0n) is 16.7. The van der Waals surface area contributed by atoms with Crippen molar-refractivity contribution in [2.24, 2.45) is 5.92 Å². The molecular weight excluding hydrogens is 378 g/mol. The Labute approximate surface area is 174 Å². The molecule has 29 heavy (non-hydrogen) atoms. The maximum absolute atomic E-state index is 13.5. The van der Waals surface area contributed by atoms with Gasteiger partial charge in [0.25, 0.3) is 0 Å². The number of hydrogen-bond acceptors (Lipinski definition) is 2. The van der Waals surface area contributed by atoms with Gasteiger partial charge in [-0.15, -0.1) is 0 Å². The molecule has 1 aliphatic heterocycles. The van der Waals surface area contributed by atoms with Crippen molar-refractivity contribution in [1.29, 1.82) is 0 Å². The number of nitrogens with zero attached hydrogens (tertiary/aromatic N) is 1. The summed E-state index contributed by atoms with van der Waals surface area (Å²) in [6.07, 6.45) is 0.688. The van der Waals surface area contributed by atoms with Gasteiger partial charge in [-0.2, -0.15) is 0 Å². The highest BCUT2D eigenvalue weighted by Gasteiger charge is 2.53. The van der Waals surface area contributed by atoms with E-state index >= 15 is 0 Å². The SMILES string of the molecule is CC[C@H]1C(=O)N(C(c2ccccc2)c2ccccc2)[C@@H]1S(=O)c1ccc(C)cc1. The maximum atomic E-state index is 13.5. The van der Waals surface area contributed by atoms with Gasteiger partial charge in [-0.1, -0.05) is 85.3 Å². The van der Waals surface area contributed by atoms with Gasteiger partial charge in [0.2, 0.25) is 5.91 Å². The van der Waals surface area contributed by atoms with Crippen molar-refractivity contribution in [1.82, 2.24) is 4.90 Å². The number of likely N-dealkylation sites (tertiary alicyclic amines) is 1. The lowest BCUT2D eigenvalue weighted by molar-refractivity contribution is -0.153. The summed E-state index contributed by atoms with van der Waals surface area (Å²) in [5.74, 6) is -0.136. The molecule has 4 heteroatoms. The fraction of sp³-hybridized carbons (Fsp3) is 0.240. The fourth-order valence-corrected chi connectivity index (χ4v) is 5.77. The van der Waals surface area contributed by atoms with E-state index in [-0.39, 0.29) is 23.2 Å². The summed E-state index contributed by atoms with van der Waals surface area (Å²) in [7, 11) is -1.29. The van der Waals surface area contributed by atoms with Crippen LogP contribution < -0.4 is 0 Å². The van der Waals surface area contributed by atoms with Gasteiger partial charge in [0.1, 0.15) is 5.37 Å². The second-order valence-corrected chi connectivity index (χ2v) is 9.03. The molecule has 148 valence electrons. The zero-order valence-corrected chi connectivity index (χ0v) is 17.5. The van der Waals surface area contributed by atoms with Crippen molar-refractivity contribution in [3.8, 4) is 0 Å². The average molecular weight is 404 g/mol. The van der Waals surface area contributed by atoms with Crippen molar-refractivity contribution in [2.45, 2.75) is 36.6 Å². The standard InChI is InChI=1S/C25H25NO2S/c1-3-22-24(27)26(25(22)29(28)21-16-14-18(2)15-17-21)23(19-10-6-4-7-11-19)20-12-8-5-9-13-20/h4-17,22-23,25H,3H2,1-2H3/t22-,25+,29?/m0/s1. The Morgan fingerprint density at radius 2 is 1.38 bits per heavy atom. The lowest BCUT2D eigenvalue weighted by Crippen LogP contribution is -2.63. The zero-order chi connectivity index (χ0) is 20.4. The van der Waals surface area contributed by atoms with Gasteiger partial charge in [0, 0.05) is 4.90 Å². The van der Waals surface area contributed by atoms with Crippen LogP contribution in [0.4, 0.5) is 0 Å². The lowest BCUT2D eigenvalue weighted by atomic mass is 9.88. The van der Waals surface area contributed by atoms with Crippen molar-refractivity contribution in [3.05, 3.63) is 102 Å². The molecule has 0 spiro atoms. The van der Waals surface area contributed by atoms with Crippen LogP contribution in [0.3, 0.4) is 0 Å². The molecule has 3 aromatic rings. The Morgan fingerprint density at radius 1 is 0.862 bits per heavy atom. The smallest absolute Gasteiger partial charge is 0.230 e. The third-order valence-electron chi connectivity index (χ3n) is 5.61. The predicted molar refractivity (Wildman–Crippen MR) is 117 cm³/mol. The number of aryl methyl sites for hydroxylation is 1. The normalized spacial score (nSPS) is 19.8. The molecule has 0 saturated carbocycles. The highest BCUT2D eigenvalue weighted by atomic mass is 32.2. The van der Waals surface area contributed by atoms with Crippen LogP contribution in [-0.4, -0.2) is 20.4 Å². The number of rotatable bonds is 6. The summed E-state index contributed by atoms with van der Waals surface area (Å²) >= 11 is 0. The topological polar surface area (TPSA) is 37.4 Å². The summed E-state index contributed by atoms with van der Waals surface area (Å²) in [4.78, 5) is 15.8. The van der Waals surface area contributed by atoms with Crippen molar-refractivity contribution >= 4 is 16.7 Å². The first kappa shape index (κ1) is 19.6. The van der Waals surface area contributed by atoms with Gasteiger partial charge in [-0.3, -0.25) is 9.00 Å². The maximum Gasteiger partial charge on any atom is 0.230 e. The molecule has 1 amide bonds. The monoisotopic (exact) mass is 403 g/mol. The molecule has 3 nitrogen and oxygen atoms in total. The summed E-state index contributed by atoms with van der Waals surface area (Å²) in [6.45, 7) is 4.01. The van der Waals surface area contributed by atoms with Crippen molar-refractivity contribution < 1.29 is 9.00 Å². The Balaban J connectivity index is 1.77. The lowest BCUT2D eigenvalue weighted by Gasteiger charge is -2.50.